The summed E-state index contributed by atoms with van der Waals surface area (Å²) < 4.78 is 3.35. The number of rotatable bonds is 4. The van der Waals surface area contributed by atoms with Crippen LogP contribution in [0, 0.1) is 21.4 Å². The van der Waals surface area contributed by atoms with E-state index in [1.807, 2.05) is 30.4 Å². The number of aromatic nitrogens is 5. The van der Waals surface area contributed by atoms with Gasteiger partial charge in [0.25, 0.3) is 0 Å². The highest BCUT2D eigenvalue weighted by Gasteiger charge is 2.18. The van der Waals surface area contributed by atoms with Gasteiger partial charge in [0, 0.05) is 43.7 Å². The summed E-state index contributed by atoms with van der Waals surface area (Å²) in [6.45, 7) is 0. The average molecular weight is 374 g/mol. The van der Waals surface area contributed by atoms with E-state index in [4.69, 9.17) is 0 Å². The predicted octanol–water partition coefficient (Wildman–Crippen LogP) is 2.68. The molecule has 0 saturated heterocycles. The van der Waals surface area contributed by atoms with E-state index >= 15 is 0 Å². The van der Waals surface area contributed by atoms with Gasteiger partial charge in [-0.1, -0.05) is 0 Å². The molecule has 4 aromatic rings. The first-order chi connectivity index (χ1) is 13.5. The SMILES string of the molecule is CN(c1ccc([N+](=O)[O-])nc1)c1cc(-c2cnn(C)c2)cn2ncc(C#N)c12. The number of anilines is 2. The van der Waals surface area contributed by atoms with Crippen LogP contribution in [0.5, 0.6) is 0 Å². The number of nitrogens with zero attached hydrogens (tertiary/aromatic N) is 8. The Balaban J connectivity index is 1.89. The lowest BCUT2D eigenvalue weighted by Crippen LogP contribution is -2.12. The van der Waals surface area contributed by atoms with Crippen LogP contribution in [0.4, 0.5) is 17.2 Å². The Kier molecular flexibility index (Phi) is 3.97. The summed E-state index contributed by atoms with van der Waals surface area (Å²) in [6, 6.07) is 7.03. The molecule has 4 aromatic heterocycles. The van der Waals surface area contributed by atoms with Crippen LogP contribution in [0.2, 0.25) is 0 Å². The summed E-state index contributed by atoms with van der Waals surface area (Å²) in [5, 5.41) is 28.8. The Labute approximate surface area is 159 Å². The second kappa shape index (κ2) is 6.48. The normalized spacial score (nSPS) is 10.8. The van der Waals surface area contributed by atoms with E-state index in [1.165, 1.54) is 18.5 Å². The van der Waals surface area contributed by atoms with E-state index in [-0.39, 0.29) is 5.82 Å². The van der Waals surface area contributed by atoms with Gasteiger partial charge >= 0.3 is 5.82 Å². The zero-order chi connectivity index (χ0) is 19.8. The molecular weight excluding hydrogens is 360 g/mol. The van der Waals surface area contributed by atoms with Crippen molar-refractivity contribution in [3.63, 3.8) is 0 Å². The molecule has 0 spiro atoms. The number of hydrogen-bond donors (Lipinski definition) is 0. The minimum Gasteiger partial charge on any atom is -0.358 e. The van der Waals surface area contributed by atoms with Crippen LogP contribution < -0.4 is 4.90 Å². The van der Waals surface area contributed by atoms with Gasteiger partial charge in [-0.3, -0.25) is 4.68 Å². The third-order valence-electron chi connectivity index (χ3n) is 4.42. The van der Waals surface area contributed by atoms with Crippen molar-refractivity contribution in [2.75, 3.05) is 11.9 Å². The van der Waals surface area contributed by atoms with Gasteiger partial charge in [-0.05, 0) is 22.0 Å². The highest BCUT2D eigenvalue weighted by molar-refractivity contribution is 5.86. The van der Waals surface area contributed by atoms with Crippen LogP contribution in [-0.4, -0.2) is 36.3 Å². The first-order valence-electron chi connectivity index (χ1n) is 8.22. The molecular formula is C18H14N8O2. The van der Waals surface area contributed by atoms with Crippen LogP contribution >= 0.6 is 0 Å². The summed E-state index contributed by atoms with van der Waals surface area (Å²) in [7, 11) is 3.64. The van der Waals surface area contributed by atoms with E-state index in [0.29, 0.717) is 22.5 Å². The van der Waals surface area contributed by atoms with E-state index in [0.717, 1.165) is 11.1 Å². The first-order valence-corrected chi connectivity index (χ1v) is 8.22. The van der Waals surface area contributed by atoms with Gasteiger partial charge in [0.2, 0.25) is 0 Å². The second-order valence-electron chi connectivity index (χ2n) is 6.17. The molecule has 0 bridgehead atoms. The predicted molar refractivity (Wildman–Crippen MR) is 101 cm³/mol. The van der Waals surface area contributed by atoms with Gasteiger partial charge in [-0.25, -0.2) is 4.52 Å². The second-order valence-corrected chi connectivity index (χ2v) is 6.17. The maximum absolute atomic E-state index is 10.9. The molecule has 0 aliphatic rings. The molecule has 0 N–H and O–H groups in total. The molecule has 4 rings (SSSR count). The van der Waals surface area contributed by atoms with Crippen molar-refractivity contribution in [2.24, 2.45) is 7.05 Å². The van der Waals surface area contributed by atoms with Crippen molar-refractivity contribution in [2.45, 2.75) is 0 Å². The molecule has 10 heteroatoms. The van der Waals surface area contributed by atoms with Gasteiger partial charge in [0.05, 0.1) is 29.3 Å². The summed E-state index contributed by atoms with van der Waals surface area (Å²) >= 11 is 0. The number of hydrogen-bond acceptors (Lipinski definition) is 7. The number of pyridine rings is 2. The van der Waals surface area contributed by atoms with Gasteiger partial charge in [0.15, 0.2) is 6.20 Å². The van der Waals surface area contributed by atoms with Crippen molar-refractivity contribution in [1.82, 2.24) is 24.4 Å². The molecule has 10 nitrogen and oxygen atoms in total. The monoisotopic (exact) mass is 374 g/mol. The fourth-order valence-electron chi connectivity index (χ4n) is 2.99. The van der Waals surface area contributed by atoms with Crippen molar-refractivity contribution in [3.8, 4) is 17.2 Å². The van der Waals surface area contributed by atoms with E-state index in [9.17, 15) is 15.4 Å². The zero-order valence-electron chi connectivity index (χ0n) is 15.0. The van der Waals surface area contributed by atoms with Gasteiger partial charge < -0.3 is 15.0 Å². The Bertz CT molecular complexity index is 1230. The minimum absolute atomic E-state index is 0.228. The van der Waals surface area contributed by atoms with Crippen molar-refractivity contribution >= 4 is 22.7 Å². The third kappa shape index (κ3) is 2.80. The van der Waals surface area contributed by atoms with Crippen LogP contribution in [0.1, 0.15) is 5.56 Å². The van der Waals surface area contributed by atoms with E-state index in [2.05, 4.69) is 21.3 Å². The molecule has 0 radical (unpaired) electrons. The number of nitro groups is 1. The van der Waals surface area contributed by atoms with Crippen LogP contribution in [-0.2, 0) is 7.05 Å². The lowest BCUT2D eigenvalue weighted by Gasteiger charge is -2.20. The zero-order valence-corrected chi connectivity index (χ0v) is 15.0. The van der Waals surface area contributed by atoms with Crippen molar-refractivity contribution in [3.05, 3.63) is 64.9 Å². The standard InChI is InChI=1S/C18H14N8O2/c1-23-10-14(8-21-23)12-5-16(18-13(6-19)7-22-25(18)11-12)24(2)15-3-4-17(20-9-15)26(27)28/h3-5,7-11H,1-2H3. The lowest BCUT2D eigenvalue weighted by molar-refractivity contribution is -0.389. The smallest absolute Gasteiger partial charge is 0.358 e. The quantitative estimate of drug-likeness (QED) is 0.398. The molecule has 0 unspecified atom stereocenters. The lowest BCUT2D eigenvalue weighted by atomic mass is 10.1. The Morgan fingerprint density at radius 3 is 2.61 bits per heavy atom. The molecule has 28 heavy (non-hydrogen) atoms. The summed E-state index contributed by atoms with van der Waals surface area (Å²) in [5.74, 6) is -0.228. The number of fused-ring (bicyclic) bond motifs is 1. The maximum Gasteiger partial charge on any atom is 0.363 e. The molecule has 0 aromatic carbocycles. The van der Waals surface area contributed by atoms with Crippen molar-refractivity contribution < 1.29 is 4.92 Å². The molecule has 0 aliphatic carbocycles. The molecule has 0 amide bonds. The summed E-state index contributed by atoms with van der Waals surface area (Å²) in [5.41, 5.74) is 4.18. The van der Waals surface area contributed by atoms with Crippen LogP contribution in [0.25, 0.3) is 16.6 Å². The average Bonchev–Trinajstić information content (AvgIpc) is 3.32. The van der Waals surface area contributed by atoms with Gasteiger partial charge in [-0.2, -0.15) is 15.5 Å². The maximum atomic E-state index is 10.9. The highest BCUT2D eigenvalue weighted by atomic mass is 16.6. The molecule has 0 aliphatic heterocycles. The van der Waals surface area contributed by atoms with E-state index in [1.54, 1.807) is 28.5 Å². The molecule has 0 fully saturated rings. The first kappa shape index (κ1) is 17.2. The Morgan fingerprint density at radius 1 is 1.18 bits per heavy atom. The largest absolute Gasteiger partial charge is 0.363 e. The van der Waals surface area contributed by atoms with Crippen LogP contribution in [0.15, 0.2) is 49.2 Å². The molecule has 0 atom stereocenters. The topological polar surface area (TPSA) is 118 Å². The summed E-state index contributed by atoms with van der Waals surface area (Å²) in [6.07, 6.45) is 8.39. The van der Waals surface area contributed by atoms with Crippen LogP contribution in [0.3, 0.4) is 0 Å². The molecule has 138 valence electrons. The number of aryl methyl sites for hydroxylation is 1. The molecule has 4 heterocycles. The van der Waals surface area contributed by atoms with Gasteiger partial charge in [-0.15, -0.1) is 0 Å². The van der Waals surface area contributed by atoms with Gasteiger partial charge in [0.1, 0.15) is 11.6 Å². The fourth-order valence-corrected chi connectivity index (χ4v) is 2.99. The number of nitriles is 1. The Hall–Kier alpha value is -4.26. The summed E-state index contributed by atoms with van der Waals surface area (Å²) in [4.78, 5) is 16.0. The fraction of sp³-hybridized carbons (Fsp3) is 0.111. The highest BCUT2D eigenvalue weighted by Crippen LogP contribution is 2.33. The van der Waals surface area contributed by atoms with Crippen molar-refractivity contribution in [1.29, 1.82) is 5.26 Å². The van der Waals surface area contributed by atoms with E-state index < -0.39 is 4.92 Å². The third-order valence-corrected chi connectivity index (χ3v) is 4.42. The minimum atomic E-state index is -0.546. The Morgan fingerprint density at radius 2 is 2.00 bits per heavy atom. The molecule has 0 saturated carbocycles.